The molecule has 0 spiro atoms. The molecule has 0 radical (unpaired) electrons. The summed E-state index contributed by atoms with van der Waals surface area (Å²) in [7, 11) is 1.49. The molecule has 3 amide bonds. The van der Waals surface area contributed by atoms with Crippen molar-refractivity contribution < 1.29 is 23.9 Å². The van der Waals surface area contributed by atoms with Gasteiger partial charge in [-0.15, -0.1) is 0 Å². The fourth-order valence-corrected chi connectivity index (χ4v) is 2.90. The van der Waals surface area contributed by atoms with Crippen LogP contribution < -0.4 is 25.4 Å². The summed E-state index contributed by atoms with van der Waals surface area (Å²) in [5.41, 5.74) is 1.96. The van der Waals surface area contributed by atoms with Gasteiger partial charge in [0.2, 0.25) is 0 Å². The zero-order chi connectivity index (χ0) is 21.7. The maximum Gasteiger partial charge on any atom is 0.263 e. The number of carbonyl (C=O) groups is 3. The third kappa shape index (κ3) is 5.21. The SMILES string of the molecule is COc1ccc(C=C2C(=O)NC(=S)NC2=O)c(OCC(=O)Nc2cccc(C)c2)c1. The molecule has 8 nitrogen and oxygen atoms in total. The first-order chi connectivity index (χ1) is 14.4. The summed E-state index contributed by atoms with van der Waals surface area (Å²) in [5, 5.41) is 7.43. The van der Waals surface area contributed by atoms with Crippen LogP contribution in [-0.2, 0) is 14.4 Å². The first kappa shape index (κ1) is 21.0. The zero-order valence-electron chi connectivity index (χ0n) is 16.3. The molecule has 9 heteroatoms. The van der Waals surface area contributed by atoms with Gasteiger partial charge < -0.3 is 14.8 Å². The summed E-state index contributed by atoms with van der Waals surface area (Å²) < 4.78 is 10.8. The first-order valence-corrected chi connectivity index (χ1v) is 9.32. The maximum absolute atomic E-state index is 12.3. The van der Waals surface area contributed by atoms with Crippen molar-refractivity contribution >= 4 is 46.8 Å². The molecule has 0 aromatic heterocycles. The fraction of sp³-hybridized carbons (Fsp3) is 0.143. The molecule has 3 rings (SSSR count). The van der Waals surface area contributed by atoms with E-state index in [4.69, 9.17) is 21.7 Å². The van der Waals surface area contributed by atoms with E-state index in [-0.39, 0.29) is 28.9 Å². The summed E-state index contributed by atoms with van der Waals surface area (Å²) in [6.07, 6.45) is 1.36. The van der Waals surface area contributed by atoms with E-state index >= 15 is 0 Å². The van der Waals surface area contributed by atoms with Crippen molar-refractivity contribution in [1.82, 2.24) is 10.6 Å². The van der Waals surface area contributed by atoms with Gasteiger partial charge in [0.15, 0.2) is 11.7 Å². The van der Waals surface area contributed by atoms with Crippen molar-refractivity contribution in [3.8, 4) is 11.5 Å². The molecule has 154 valence electrons. The maximum atomic E-state index is 12.3. The molecule has 0 atom stereocenters. The van der Waals surface area contributed by atoms with Gasteiger partial charge in [-0.05, 0) is 55.0 Å². The minimum atomic E-state index is -0.622. The van der Waals surface area contributed by atoms with Crippen LogP contribution in [-0.4, -0.2) is 36.6 Å². The zero-order valence-corrected chi connectivity index (χ0v) is 17.1. The number of carbonyl (C=O) groups excluding carboxylic acids is 3. The van der Waals surface area contributed by atoms with Gasteiger partial charge >= 0.3 is 0 Å². The Morgan fingerprint density at radius 3 is 2.53 bits per heavy atom. The number of rotatable bonds is 6. The monoisotopic (exact) mass is 425 g/mol. The lowest BCUT2D eigenvalue weighted by Gasteiger charge is -2.17. The standard InChI is InChI=1S/C21H19N3O5S/c1-12-4-3-5-14(8-12)22-18(25)11-29-17-10-15(28-2)7-6-13(17)9-16-19(26)23-21(30)24-20(16)27/h3-10H,11H2,1-2H3,(H,22,25)(H2,23,24,26,27,30). The summed E-state index contributed by atoms with van der Waals surface area (Å²) in [6.45, 7) is 1.65. The highest BCUT2D eigenvalue weighted by molar-refractivity contribution is 7.80. The Bertz CT molecular complexity index is 1040. The van der Waals surface area contributed by atoms with Gasteiger partial charge in [-0.3, -0.25) is 25.0 Å². The number of methoxy groups -OCH3 is 1. The van der Waals surface area contributed by atoms with Gasteiger partial charge in [0, 0.05) is 17.3 Å². The predicted octanol–water partition coefficient (Wildman–Crippen LogP) is 1.94. The highest BCUT2D eigenvalue weighted by atomic mass is 32.1. The Morgan fingerprint density at radius 2 is 1.87 bits per heavy atom. The van der Waals surface area contributed by atoms with E-state index in [1.165, 1.54) is 13.2 Å². The van der Waals surface area contributed by atoms with Crippen molar-refractivity contribution in [3.63, 3.8) is 0 Å². The van der Waals surface area contributed by atoms with E-state index in [9.17, 15) is 14.4 Å². The number of thiocarbonyl (C=S) groups is 1. The predicted molar refractivity (Wildman–Crippen MR) is 115 cm³/mol. The van der Waals surface area contributed by atoms with Crippen LogP contribution in [0.5, 0.6) is 11.5 Å². The molecular weight excluding hydrogens is 406 g/mol. The lowest BCUT2D eigenvalue weighted by Crippen LogP contribution is -2.51. The van der Waals surface area contributed by atoms with Crippen molar-refractivity contribution in [2.45, 2.75) is 6.92 Å². The molecule has 0 saturated carbocycles. The van der Waals surface area contributed by atoms with Crippen LogP contribution in [0.3, 0.4) is 0 Å². The molecule has 0 bridgehead atoms. The van der Waals surface area contributed by atoms with Crippen molar-refractivity contribution in [3.05, 3.63) is 59.2 Å². The molecule has 1 fully saturated rings. The van der Waals surface area contributed by atoms with Gasteiger partial charge in [0.05, 0.1) is 7.11 Å². The minimum absolute atomic E-state index is 0.0545. The second-order valence-corrected chi connectivity index (χ2v) is 6.81. The number of benzene rings is 2. The average Bonchev–Trinajstić information content (AvgIpc) is 2.69. The van der Waals surface area contributed by atoms with E-state index in [2.05, 4.69) is 16.0 Å². The molecule has 2 aromatic rings. The van der Waals surface area contributed by atoms with E-state index in [1.54, 1.807) is 24.3 Å². The number of nitrogens with one attached hydrogen (secondary N) is 3. The number of ether oxygens (including phenoxy) is 2. The lowest BCUT2D eigenvalue weighted by atomic mass is 10.1. The molecule has 0 aliphatic carbocycles. The highest BCUT2D eigenvalue weighted by Crippen LogP contribution is 2.27. The fourth-order valence-electron chi connectivity index (χ4n) is 2.71. The minimum Gasteiger partial charge on any atom is -0.497 e. The second-order valence-electron chi connectivity index (χ2n) is 6.41. The van der Waals surface area contributed by atoms with Crippen LogP contribution in [0, 0.1) is 6.92 Å². The molecule has 2 aromatic carbocycles. The van der Waals surface area contributed by atoms with Gasteiger partial charge in [0.1, 0.15) is 17.1 Å². The smallest absolute Gasteiger partial charge is 0.263 e. The molecule has 1 aliphatic heterocycles. The number of anilines is 1. The third-order valence-corrected chi connectivity index (χ3v) is 4.33. The Hall–Kier alpha value is -3.72. The van der Waals surface area contributed by atoms with E-state index < -0.39 is 11.8 Å². The van der Waals surface area contributed by atoms with E-state index in [0.29, 0.717) is 17.0 Å². The van der Waals surface area contributed by atoms with Gasteiger partial charge in [-0.25, -0.2) is 0 Å². The highest BCUT2D eigenvalue weighted by Gasteiger charge is 2.26. The Balaban J connectivity index is 1.79. The molecule has 30 heavy (non-hydrogen) atoms. The number of aryl methyl sites for hydroxylation is 1. The molecule has 1 aliphatic rings. The van der Waals surface area contributed by atoms with Crippen LogP contribution in [0.1, 0.15) is 11.1 Å². The second kappa shape index (κ2) is 9.19. The van der Waals surface area contributed by atoms with Crippen molar-refractivity contribution in [2.75, 3.05) is 19.0 Å². The quantitative estimate of drug-likeness (QED) is 0.371. The number of hydrogen-bond donors (Lipinski definition) is 3. The Kier molecular flexibility index (Phi) is 6.43. The first-order valence-electron chi connectivity index (χ1n) is 8.91. The summed E-state index contributed by atoms with van der Waals surface area (Å²) in [5.74, 6) is -0.842. The van der Waals surface area contributed by atoms with Crippen LogP contribution in [0.15, 0.2) is 48.0 Å². The van der Waals surface area contributed by atoms with Crippen molar-refractivity contribution in [2.24, 2.45) is 0 Å². The molecule has 0 unspecified atom stereocenters. The summed E-state index contributed by atoms with van der Waals surface area (Å²) >= 11 is 4.79. The van der Waals surface area contributed by atoms with E-state index in [0.717, 1.165) is 5.56 Å². The van der Waals surface area contributed by atoms with Gasteiger partial charge in [-0.2, -0.15) is 0 Å². The number of hydrogen-bond acceptors (Lipinski definition) is 6. The molecule has 1 saturated heterocycles. The largest absolute Gasteiger partial charge is 0.497 e. The van der Waals surface area contributed by atoms with Crippen LogP contribution >= 0.6 is 12.2 Å². The summed E-state index contributed by atoms with van der Waals surface area (Å²) in [4.78, 5) is 36.5. The summed E-state index contributed by atoms with van der Waals surface area (Å²) in [6, 6.07) is 12.2. The molecule has 1 heterocycles. The topological polar surface area (TPSA) is 106 Å². The Labute approximate surface area is 178 Å². The number of amides is 3. The Morgan fingerprint density at radius 1 is 1.13 bits per heavy atom. The van der Waals surface area contributed by atoms with Crippen LogP contribution in [0.25, 0.3) is 6.08 Å². The van der Waals surface area contributed by atoms with Crippen molar-refractivity contribution in [1.29, 1.82) is 0 Å². The van der Waals surface area contributed by atoms with E-state index in [1.807, 2.05) is 25.1 Å². The third-order valence-electron chi connectivity index (χ3n) is 4.12. The normalized spacial score (nSPS) is 13.3. The van der Waals surface area contributed by atoms with Gasteiger partial charge in [-0.1, -0.05) is 12.1 Å². The van der Waals surface area contributed by atoms with Crippen LogP contribution in [0.4, 0.5) is 5.69 Å². The average molecular weight is 425 g/mol. The molecular formula is C21H19N3O5S. The molecule has 3 N–H and O–H groups in total. The van der Waals surface area contributed by atoms with Crippen LogP contribution in [0.2, 0.25) is 0 Å². The lowest BCUT2D eigenvalue weighted by molar-refractivity contribution is -0.123. The van der Waals surface area contributed by atoms with Gasteiger partial charge in [0.25, 0.3) is 17.7 Å².